The molecule has 0 aliphatic carbocycles. The van der Waals surface area contributed by atoms with Gasteiger partial charge in [-0.1, -0.05) is 20.8 Å². The lowest BCUT2D eigenvalue weighted by Gasteiger charge is -2.36. The van der Waals surface area contributed by atoms with Crippen LogP contribution in [0.5, 0.6) is 0 Å². The highest BCUT2D eigenvalue weighted by atomic mass is 32.2. The van der Waals surface area contributed by atoms with Crippen LogP contribution in [0.2, 0.25) is 0 Å². The third-order valence-corrected chi connectivity index (χ3v) is 6.26. The molecule has 2 unspecified atom stereocenters. The van der Waals surface area contributed by atoms with Crippen molar-refractivity contribution in [2.45, 2.75) is 58.5 Å². The molecule has 0 bridgehead atoms. The number of nitrogens with one attached hydrogen (secondary N) is 2. The number of hydrogen-bond donors (Lipinski definition) is 3. The zero-order valence-electron chi connectivity index (χ0n) is 20.9. The van der Waals surface area contributed by atoms with Gasteiger partial charge in [0, 0.05) is 47.7 Å². The second-order valence-corrected chi connectivity index (χ2v) is 9.05. The average Bonchev–Trinajstić information content (AvgIpc) is 3.26. The SMILES string of the molecule is CCC(CC)c1cc(N2CCOCC2CC)nc(-c2ccc3[nH]c(CNC)cc3n2)n1.NS(=O)[O-]. The topological polar surface area (TPSA) is 145 Å². The van der Waals surface area contributed by atoms with Gasteiger partial charge in [0.15, 0.2) is 5.82 Å². The fraction of sp³-hybridized carbons (Fsp3) is 0.542. The van der Waals surface area contributed by atoms with Gasteiger partial charge in [0.25, 0.3) is 0 Å². The molecular weight excluding hydrogens is 466 g/mol. The van der Waals surface area contributed by atoms with E-state index in [2.05, 4.69) is 59.3 Å². The number of pyridine rings is 1. The smallest absolute Gasteiger partial charge is 0.180 e. The lowest BCUT2D eigenvalue weighted by molar-refractivity contribution is 0.0925. The largest absolute Gasteiger partial charge is 0.760 e. The molecule has 10 nitrogen and oxygen atoms in total. The number of ether oxygens (including phenoxy) is 1. The summed E-state index contributed by atoms with van der Waals surface area (Å²) in [5.74, 6) is 2.12. The summed E-state index contributed by atoms with van der Waals surface area (Å²) in [5.41, 5.74) is 5.02. The molecule has 1 saturated heterocycles. The highest BCUT2D eigenvalue weighted by Crippen LogP contribution is 2.29. The van der Waals surface area contributed by atoms with Crippen LogP contribution in [0, 0.1) is 0 Å². The molecule has 0 saturated carbocycles. The number of morpholine rings is 1. The lowest BCUT2D eigenvalue weighted by Crippen LogP contribution is -2.45. The molecular formula is C24H36N7O3S-. The van der Waals surface area contributed by atoms with Gasteiger partial charge in [-0.3, -0.25) is 9.35 Å². The molecule has 1 fully saturated rings. The van der Waals surface area contributed by atoms with Crippen molar-refractivity contribution in [1.82, 2.24) is 25.3 Å². The Morgan fingerprint density at radius 3 is 2.66 bits per heavy atom. The van der Waals surface area contributed by atoms with E-state index in [-0.39, 0.29) is 0 Å². The quantitative estimate of drug-likeness (QED) is 0.399. The third-order valence-electron chi connectivity index (χ3n) is 6.26. The molecule has 3 aromatic rings. The van der Waals surface area contributed by atoms with Crippen LogP contribution in [0.15, 0.2) is 24.3 Å². The zero-order valence-corrected chi connectivity index (χ0v) is 21.7. The number of anilines is 1. The fourth-order valence-electron chi connectivity index (χ4n) is 4.40. The van der Waals surface area contributed by atoms with Gasteiger partial charge in [-0.25, -0.2) is 15.0 Å². The fourth-order valence-corrected chi connectivity index (χ4v) is 4.40. The van der Waals surface area contributed by atoms with Gasteiger partial charge < -0.3 is 24.5 Å². The Morgan fingerprint density at radius 2 is 2.00 bits per heavy atom. The van der Waals surface area contributed by atoms with E-state index in [1.54, 1.807) is 0 Å². The van der Waals surface area contributed by atoms with Crippen molar-refractivity contribution in [2.75, 3.05) is 31.7 Å². The van der Waals surface area contributed by atoms with Crippen LogP contribution in [0.25, 0.3) is 22.6 Å². The third kappa shape index (κ3) is 7.05. The van der Waals surface area contributed by atoms with Crippen LogP contribution in [0.1, 0.15) is 57.3 Å². The summed E-state index contributed by atoms with van der Waals surface area (Å²) in [5, 5.41) is 7.21. The molecule has 0 aromatic carbocycles. The minimum Gasteiger partial charge on any atom is -0.760 e. The number of fused-ring (bicyclic) bond motifs is 1. The zero-order chi connectivity index (χ0) is 25.4. The Hall–Kier alpha value is -2.44. The van der Waals surface area contributed by atoms with E-state index in [9.17, 15) is 0 Å². The first-order valence-electron chi connectivity index (χ1n) is 12.1. The summed E-state index contributed by atoms with van der Waals surface area (Å²) in [6, 6.07) is 8.72. The van der Waals surface area contributed by atoms with E-state index < -0.39 is 11.3 Å². The van der Waals surface area contributed by atoms with E-state index in [4.69, 9.17) is 28.5 Å². The highest BCUT2D eigenvalue weighted by molar-refractivity contribution is 7.76. The van der Waals surface area contributed by atoms with Crippen molar-refractivity contribution in [1.29, 1.82) is 0 Å². The van der Waals surface area contributed by atoms with E-state index in [1.807, 2.05) is 13.1 Å². The number of rotatable bonds is 8. The molecule has 0 spiro atoms. The summed E-state index contributed by atoms with van der Waals surface area (Å²) in [7, 11) is 1.94. The van der Waals surface area contributed by atoms with Gasteiger partial charge in [-0.2, -0.15) is 0 Å². The Kier molecular flexibility index (Phi) is 10.1. The summed E-state index contributed by atoms with van der Waals surface area (Å²) in [6.45, 7) is 9.79. The van der Waals surface area contributed by atoms with E-state index in [1.165, 1.54) is 0 Å². The van der Waals surface area contributed by atoms with Gasteiger partial charge >= 0.3 is 0 Å². The summed E-state index contributed by atoms with van der Waals surface area (Å²) in [6.07, 6.45) is 3.15. The predicted octanol–water partition coefficient (Wildman–Crippen LogP) is 3.00. The molecule has 2 atom stereocenters. The van der Waals surface area contributed by atoms with Gasteiger partial charge in [0.2, 0.25) is 0 Å². The number of H-pyrrole nitrogens is 1. The van der Waals surface area contributed by atoms with Crippen molar-refractivity contribution in [3.05, 3.63) is 35.7 Å². The normalized spacial score (nSPS) is 16.9. The molecule has 1 aliphatic heterocycles. The molecule has 4 heterocycles. The molecule has 35 heavy (non-hydrogen) atoms. The van der Waals surface area contributed by atoms with Crippen LogP contribution in [-0.2, 0) is 22.5 Å². The van der Waals surface area contributed by atoms with Crippen LogP contribution in [-0.4, -0.2) is 61.5 Å². The molecule has 0 amide bonds. The summed E-state index contributed by atoms with van der Waals surface area (Å²) < 4.78 is 23.3. The minimum atomic E-state index is -2.36. The van der Waals surface area contributed by atoms with Gasteiger partial charge in [-0.15, -0.1) is 0 Å². The number of hydrogen-bond acceptors (Lipinski definition) is 8. The first-order chi connectivity index (χ1) is 16.9. The Bertz CT molecular complexity index is 1120. The average molecular weight is 503 g/mol. The van der Waals surface area contributed by atoms with Crippen LogP contribution in [0.3, 0.4) is 0 Å². The second kappa shape index (κ2) is 13.0. The summed E-state index contributed by atoms with van der Waals surface area (Å²) >= 11 is -2.36. The maximum atomic E-state index is 8.78. The lowest BCUT2D eigenvalue weighted by atomic mass is 9.98. The monoisotopic (exact) mass is 502 g/mol. The summed E-state index contributed by atoms with van der Waals surface area (Å²) in [4.78, 5) is 20.7. The first-order valence-corrected chi connectivity index (χ1v) is 13.2. The van der Waals surface area contributed by atoms with Gasteiger partial charge in [0.05, 0.1) is 30.3 Å². The minimum absolute atomic E-state index is 0.343. The van der Waals surface area contributed by atoms with Gasteiger partial charge in [0.1, 0.15) is 11.5 Å². The van der Waals surface area contributed by atoms with E-state index in [0.717, 1.165) is 79.5 Å². The first kappa shape index (κ1) is 27.2. The second-order valence-electron chi connectivity index (χ2n) is 8.53. The number of aromatic nitrogens is 4. The number of aromatic amines is 1. The molecule has 4 rings (SSSR count). The Morgan fingerprint density at radius 1 is 1.26 bits per heavy atom. The number of nitrogens with zero attached hydrogens (tertiary/aromatic N) is 4. The van der Waals surface area contributed by atoms with Crippen molar-refractivity contribution < 1.29 is 13.5 Å². The number of nitrogens with two attached hydrogens (primary N) is 1. The Balaban J connectivity index is 0.000000795. The van der Waals surface area contributed by atoms with E-state index >= 15 is 0 Å². The van der Waals surface area contributed by atoms with Crippen molar-refractivity contribution in [3.63, 3.8) is 0 Å². The van der Waals surface area contributed by atoms with Crippen molar-refractivity contribution in [2.24, 2.45) is 5.14 Å². The Labute approximate surface area is 209 Å². The van der Waals surface area contributed by atoms with E-state index in [0.29, 0.717) is 17.8 Å². The highest BCUT2D eigenvalue weighted by Gasteiger charge is 2.25. The molecule has 3 aromatic heterocycles. The van der Waals surface area contributed by atoms with Crippen LogP contribution < -0.4 is 15.4 Å². The van der Waals surface area contributed by atoms with Crippen LogP contribution in [0.4, 0.5) is 5.82 Å². The van der Waals surface area contributed by atoms with Gasteiger partial charge in [-0.05, 0) is 44.5 Å². The molecule has 0 radical (unpaired) electrons. The molecule has 1 aliphatic rings. The van der Waals surface area contributed by atoms with Crippen molar-refractivity contribution >= 4 is 28.1 Å². The molecule has 192 valence electrons. The maximum absolute atomic E-state index is 8.78. The van der Waals surface area contributed by atoms with Crippen LogP contribution >= 0.6 is 0 Å². The maximum Gasteiger partial charge on any atom is 0.180 e. The standard InChI is InChI=1S/C24H34N6O.H3NO2S/c1-5-16(6-2)21-13-23(30-10-11-31-15-18(30)7-3)29-24(28-21)20-9-8-19-22(27-20)12-17(26-19)14-25-4;1-4(2)3/h8-9,12-13,16,18,25-26H,5-7,10-11,14-15H2,1-4H3;1H2,(H,2,3)/p-1. The van der Waals surface area contributed by atoms with Crippen molar-refractivity contribution in [3.8, 4) is 11.5 Å². The molecule has 11 heteroatoms. The predicted molar refractivity (Wildman–Crippen MR) is 139 cm³/mol. The molecule has 4 N–H and O–H groups in total.